The second kappa shape index (κ2) is 7.43. The molecule has 0 aliphatic carbocycles. The molecule has 0 radical (unpaired) electrons. The molecule has 26 heavy (non-hydrogen) atoms. The van der Waals surface area contributed by atoms with E-state index in [1.807, 2.05) is 0 Å². The zero-order chi connectivity index (χ0) is 18.5. The van der Waals surface area contributed by atoms with E-state index in [0.717, 1.165) is 0 Å². The van der Waals surface area contributed by atoms with Crippen LogP contribution in [0.25, 0.3) is 6.08 Å². The monoisotopic (exact) mass is 358 g/mol. The van der Waals surface area contributed by atoms with E-state index in [-0.39, 0.29) is 18.3 Å². The number of carboxylic acid groups (broad SMARTS) is 1. The molecule has 1 aromatic heterocycles. The number of carbonyl (C=O) groups is 3. The fourth-order valence-electron chi connectivity index (χ4n) is 2.17. The second-order valence-corrected chi connectivity index (χ2v) is 5.18. The SMILES string of the molecule is O=C(O)CNC(=O)C(=Cc1ccc2c(c1)OCO2)NC(=O)c1ccco1. The van der Waals surface area contributed by atoms with Gasteiger partial charge in [-0.05, 0) is 35.9 Å². The zero-order valence-electron chi connectivity index (χ0n) is 13.4. The molecule has 1 aliphatic rings. The minimum Gasteiger partial charge on any atom is -0.480 e. The second-order valence-electron chi connectivity index (χ2n) is 5.18. The smallest absolute Gasteiger partial charge is 0.322 e. The molecule has 2 amide bonds. The van der Waals surface area contributed by atoms with Crippen molar-refractivity contribution in [2.24, 2.45) is 0 Å². The van der Waals surface area contributed by atoms with Crippen molar-refractivity contribution in [3.63, 3.8) is 0 Å². The van der Waals surface area contributed by atoms with Crippen LogP contribution in [0, 0.1) is 0 Å². The number of rotatable bonds is 6. The molecule has 0 saturated heterocycles. The average Bonchev–Trinajstić information content (AvgIpc) is 3.29. The predicted octanol–water partition coefficient (Wildman–Crippen LogP) is 0.980. The van der Waals surface area contributed by atoms with Crippen LogP contribution in [0.3, 0.4) is 0 Å². The average molecular weight is 358 g/mol. The lowest BCUT2D eigenvalue weighted by Crippen LogP contribution is -2.37. The van der Waals surface area contributed by atoms with Gasteiger partial charge in [0.15, 0.2) is 17.3 Å². The largest absolute Gasteiger partial charge is 0.480 e. The van der Waals surface area contributed by atoms with E-state index in [2.05, 4.69) is 10.6 Å². The van der Waals surface area contributed by atoms with E-state index < -0.39 is 24.3 Å². The topological polar surface area (TPSA) is 127 Å². The van der Waals surface area contributed by atoms with Crippen LogP contribution >= 0.6 is 0 Å². The van der Waals surface area contributed by atoms with Gasteiger partial charge in [-0.1, -0.05) is 6.07 Å². The number of hydrogen-bond acceptors (Lipinski definition) is 6. The van der Waals surface area contributed by atoms with E-state index in [9.17, 15) is 14.4 Å². The van der Waals surface area contributed by atoms with E-state index in [4.69, 9.17) is 19.0 Å². The summed E-state index contributed by atoms with van der Waals surface area (Å²) >= 11 is 0. The fourth-order valence-corrected chi connectivity index (χ4v) is 2.17. The van der Waals surface area contributed by atoms with Crippen molar-refractivity contribution in [1.29, 1.82) is 0 Å². The molecule has 3 rings (SSSR count). The summed E-state index contributed by atoms with van der Waals surface area (Å²) in [4.78, 5) is 35.1. The van der Waals surface area contributed by atoms with Gasteiger partial charge in [-0.15, -0.1) is 0 Å². The van der Waals surface area contributed by atoms with Crippen LogP contribution in [-0.4, -0.2) is 36.2 Å². The van der Waals surface area contributed by atoms with Crippen molar-refractivity contribution in [1.82, 2.24) is 10.6 Å². The lowest BCUT2D eigenvalue weighted by Gasteiger charge is -2.09. The summed E-state index contributed by atoms with van der Waals surface area (Å²) < 4.78 is 15.5. The summed E-state index contributed by atoms with van der Waals surface area (Å²) in [6, 6.07) is 7.92. The van der Waals surface area contributed by atoms with Crippen molar-refractivity contribution < 1.29 is 33.4 Å². The Morgan fingerprint density at radius 2 is 1.96 bits per heavy atom. The van der Waals surface area contributed by atoms with E-state index >= 15 is 0 Å². The maximum absolute atomic E-state index is 12.2. The van der Waals surface area contributed by atoms with E-state index in [1.165, 1.54) is 24.5 Å². The summed E-state index contributed by atoms with van der Waals surface area (Å²) in [5.41, 5.74) is 0.404. The van der Waals surface area contributed by atoms with Gasteiger partial charge in [0.2, 0.25) is 6.79 Å². The third-order valence-electron chi connectivity index (χ3n) is 3.35. The van der Waals surface area contributed by atoms with Crippen LogP contribution in [-0.2, 0) is 9.59 Å². The van der Waals surface area contributed by atoms with Gasteiger partial charge < -0.3 is 29.6 Å². The first kappa shape index (κ1) is 17.1. The first-order valence-electron chi connectivity index (χ1n) is 7.49. The lowest BCUT2D eigenvalue weighted by molar-refractivity contribution is -0.137. The quantitative estimate of drug-likeness (QED) is 0.657. The maximum atomic E-state index is 12.2. The molecular formula is C17H14N2O7. The number of fused-ring (bicyclic) bond motifs is 1. The number of benzene rings is 1. The number of nitrogens with one attached hydrogen (secondary N) is 2. The Labute approximate surface area is 147 Å². The Bertz CT molecular complexity index is 871. The number of carboxylic acids is 1. The fraction of sp³-hybridized carbons (Fsp3) is 0.118. The molecule has 2 heterocycles. The Balaban J connectivity index is 1.85. The predicted molar refractivity (Wildman–Crippen MR) is 87.4 cm³/mol. The van der Waals surface area contributed by atoms with Crippen LogP contribution < -0.4 is 20.1 Å². The normalized spacial score (nSPS) is 12.5. The van der Waals surface area contributed by atoms with Gasteiger partial charge in [0, 0.05) is 0 Å². The van der Waals surface area contributed by atoms with Gasteiger partial charge in [0.1, 0.15) is 12.2 Å². The standard InChI is InChI=1S/C17H14N2O7/c20-15(21)8-18-16(22)11(19-17(23)13-2-1-5-24-13)6-10-3-4-12-14(7-10)26-9-25-12/h1-7H,8-9H2,(H,18,22)(H,19,23)(H,20,21). The Morgan fingerprint density at radius 1 is 1.15 bits per heavy atom. The summed E-state index contributed by atoms with van der Waals surface area (Å²) in [6.45, 7) is -0.488. The van der Waals surface area contributed by atoms with Crippen LogP contribution in [0.5, 0.6) is 11.5 Å². The van der Waals surface area contributed by atoms with Gasteiger partial charge in [0.05, 0.1) is 6.26 Å². The number of amides is 2. The van der Waals surface area contributed by atoms with Crippen LogP contribution in [0.4, 0.5) is 0 Å². The highest BCUT2D eigenvalue weighted by molar-refractivity contribution is 6.05. The molecule has 0 atom stereocenters. The van der Waals surface area contributed by atoms with Crippen molar-refractivity contribution >= 4 is 23.9 Å². The highest BCUT2D eigenvalue weighted by Gasteiger charge is 2.18. The molecule has 1 aliphatic heterocycles. The lowest BCUT2D eigenvalue weighted by atomic mass is 10.1. The molecule has 9 nitrogen and oxygen atoms in total. The van der Waals surface area contributed by atoms with Crippen LogP contribution in [0.1, 0.15) is 16.1 Å². The molecule has 3 N–H and O–H groups in total. The Kier molecular flexibility index (Phi) is 4.88. The Hall–Kier alpha value is -3.75. The van der Waals surface area contributed by atoms with Gasteiger partial charge in [0.25, 0.3) is 11.8 Å². The number of furan rings is 1. The first-order chi connectivity index (χ1) is 12.5. The number of aliphatic carboxylic acids is 1. The molecule has 134 valence electrons. The molecule has 0 spiro atoms. The van der Waals surface area contributed by atoms with Gasteiger partial charge in [-0.2, -0.15) is 0 Å². The van der Waals surface area contributed by atoms with E-state index in [1.54, 1.807) is 18.2 Å². The molecular weight excluding hydrogens is 344 g/mol. The first-order valence-corrected chi connectivity index (χ1v) is 7.49. The number of carbonyl (C=O) groups excluding carboxylic acids is 2. The molecule has 0 bridgehead atoms. The summed E-state index contributed by atoms with van der Waals surface area (Å²) in [5.74, 6) is -1.54. The molecule has 0 fully saturated rings. The van der Waals surface area contributed by atoms with Crippen molar-refractivity contribution in [2.75, 3.05) is 13.3 Å². The molecule has 0 saturated carbocycles. The minimum absolute atomic E-state index is 0.00706. The van der Waals surface area contributed by atoms with Crippen LogP contribution in [0.15, 0.2) is 46.7 Å². The highest BCUT2D eigenvalue weighted by atomic mass is 16.7. The molecule has 1 aromatic carbocycles. The third kappa shape index (κ3) is 4.01. The van der Waals surface area contributed by atoms with Gasteiger partial charge in [-0.25, -0.2) is 0 Å². The highest BCUT2D eigenvalue weighted by Crippen LogP contribution is 2.33. The Morgan fingerprint density at radius 3 is 2.69 bits per heavy atom. The van der Waals surface area contributed by atoms with Gasteiger partial charge in [-0.3, -0.25) is 14.4 Å². The number of hydrogen-bond donors (Lipinski definition) is 3. The summed E-state index contributed by atoms with van der Waals surface area (Å²) in [7, 11) is 0. The van der Waals surface area contributed by atoms with Gasteiger partial charge >= 0.3 is 5.97 Å². The van der Waals surface area contributed by atoms with Crippen molar-refractivity contribution in [2.45, 2.75) is 0 Å². The summed E-state index contributed by atoms with van der Waals surface area (Å²) in [5, 5.41) is 13.3. The summed E-state index contributed by atoms with van der Waals surface area (Å²) in [6.07, 6.45) is 2.71. The third-order valence-corrected chi connectivity index (χ3v) is 3.35. The van der Waals surface area contributed by atoms with E-state index in [0.29, 0.717) is 17.1 Å². The molecule has 2 aromatic rings. The maximum Gasteiger partial charge on any atom is 0.322 e. The molecule has 0 unspecified atom stereocenters. The van der Waals surface area contributed by atoms with Crippen LogP contribution in [0.2, 0.25) is 0 Å². The molecule has 9 heteroatoms. The number of ether oxygens (including phenoxy) is 2. The zero-order valence-corrected chi connectivity index (χ0v) is 13.4. The van der Waals surface area contributed by atoms with Crippen molar-refractivity contribution in [3.8, 4) is 11.5 Å². The van der Waals surface area contributed by atoms with Crippen molar-refractivity contribution in [3.05, 3.63) is 53.6 Å². The minimum atomic E-state index is -1.21.